The maximum absolute atomic E-state index is 5.86. The fourth-order valence-corrected chi connectivity index (χ4v) is 4.83. The molecule has 5 nitrogen and oxygen atoms in total. The lowest BCUT2D eigenvalue weighted by Gasteiger charge is -2.54. The molecule has 0 bridgehead atoms. The molecule has 0 radical (unpaired) electrons. The van der Waals surface area contributed by atoms with Crippen molar-refractivity contribution in [1.82, 2.24) is 15.6 Å². The van der Waals surface area contributed by atoms with Gasteiger partial charge in [-0.2, -0.15) is 0 Å². The van der Waals surface area contributed by atoms with Crippen molar-refractivity contribution in [3.63, 3.8) is 0 Å². The van der Waals surface area contributed by atoms with Gasteiger partial charge in [0, 0.05) is 48.9 Å². The van der Waals surface area contributed by atoms with Gasteiger partial charge in [0.2, 0.25) is 0 Å². The Morgan fingerprint density at radius 1 is 1.43 bits per heavy atom. The van der Waals surface area contributed by atoms with E-state index >= 15 is 0 Å². The van der Waals surface area contributed by atoms with E-state index < -0.39 is 0 Å². The SMILES string of the molecule is CN=C(NCCc1nc(C)c(C)s1)NC1C2CCOC2C1(C)C. The van der Waals surface area contributed by atoms with Gasteiger partial charge in [-0.25, -0.2) is 4.98 Å². The lowest BCUT2D eigenvalue weighted by atomic mass is 9.57. The highest BCUT2D eigenvalue weighted by Gasteiger charge is 2.59. The number of ether oxygens (including phenoxy) is 1. The number of hydrogen-bond donors (Lipinski definition) is 2. The third-order valence-corrected chi connectivity index (χ3v) is 6.45. The highest BCUT2D eigenvalue weighted by Crippen LogP contribution is 2.52. The Bertz CT molecular complexity index is 576. The largest absolute Gasteiger partial charge is 0.377 e. The van der Waals surface area contributed by atoms with Crippen LogP contribution in [0.4, 0.5) is 0 Å². The molecule has 0 amide bonds. The van der Waals surface area contributed by atoms with Gasteiger partial charge in [-0.1, -0.05) is 13.8 Å². The first kappa shape index (κ1) is 16.7. The third-order valence-electron chi connectivity index (χ3n) is 5.32. The van der Waals surface area contributed by atoms with Crippen molar-refractivity contribution >= 4 is 17.3 Å². The van der Waals surface area contributed by atoms with Gasteiger partial charge < -0.3 is 15.4 Å². The number of guanidine groups is 1. The standard InChI is InChI=1S/C17H28N4OS/c1-10-11(2)23-13(20-10)6-8-19-16(18-5)21-14-12-7-9-22-15(12)17(14,3)4/h12,14-15H,6-9H2,1-5H3,(H2,18,19,21). The molecule has 0 aromatic carbocycles. The van der Waals surface area contributed by atoms with Crippen LogP contribution in [-0.4, -0.2) is 43.3 Å². The minimum Gasteiger partial charge on any atom is -0.377 e. The van der Waals surface area contributed by atoms with Gasteiger partial charge in [0.15, 0.2) is 5.96 Å². The van der Waals surface area contributed by atoms with Gasteiger partial charge in [-0.05, 0) is 20.3 Å². The number of aromatic nitrogens is 1. The van der Waals surface area contributed by atoms with Crippen LogP contribution in [0.2, 0.25) is 0 Å². The molecule has 1 saturated carbocycles. The number of rotatable bonds is 4. The molecule has 0 spiro atoms. The number of aryl methyl sites for hydroxylation is 2. The van der Waals surface area contributed by atoms with Crippen molar-refractivity contribution in [1.29, 1.82) is 0 Å². The summed E-state index contributed by atoms with van der Waals surface area (Å²) in [5.74, 6) is 1.51. The lowest BCUT2D eigenvalue weighted by Crippen LogP contribution is -2.68. The van der Waals surface area contributed by atoms with Crippen LogP contribution in [0.1, 0.15) is 35.8 Å². The Balaban J connectivity index is 1.51. The predicted octanol–water partition coefficient (Wildman–Crippen LogP) is 2.28. The van der Waals surface area contributed by atoms with Gasteiger partial charge in [-0.15, -0.1) is 11.3 Å². The van der Waals surface area contributed by atoms with Crippen LogP contribution in [0.15, 0.2) is 4.99 Å². The quantitative estimate of drug-likeness (QED) is 0.654. The van der Waals surface area contributed by atoms with Crippen LogP contribution in [0.5, 0.6) is 0 Å². The van der Waals surface area contributed by atoms with Crippen LogP contribution < -0.4 is 10.6 Å². The van der Waals surface area contributed by atoms with Crippen molar-refractivity contribution in [2.45, 2.75) is 52.7 Å². The molecular formula is C17H28N4OS. The number of thiazole rings is 1. The normalized spacial score (nSPS) is 29.1. The molecular weight excluding hydrogens is 308 g/mol. The second kappa shape index (κ2) is 6.40. The van der Waals surface area contributed by atoms with Crippen LogP contribution in [0.25, 0.3) is 0 Å². The summed E-state index contributed by atoms with van der Waals surface area (Å²) in [6.45, 7) is 10.5. The second-order valence-electron chi connectivity index (χ2n) is 7.19. The molecule has 3 atom stereocenters. The van der Waals surface area contributed by atoms with E-state index in [2.05, 4.69) is 48.3 Å². The topological polar surface area (TPSA) is 58.5 Å². The van der Waals surface area contributed by atoms with E-state index in [0.717, 1.165) is 37.6 Å². The minimum absolute atomic E-state index is 0.169. The third kappa shape index (κ3) is 3.11. The van der Waals surface area contributed by atoms with Gasteiger partial charge in [-0.3, -0.25) is 4.99 Å². The van der Waals surface area contributed by atoms with E-state index in [9.17, 15) is 0 Å². The average molecular weight is 337 g/mol. The minimum atomic E-state index is 0.169. The van der Waals surface area contributed by atoms with E-state index in [4.69, 9.17) is 4.74 Å². The Labute approximate surface area is 142 Å². The molecule has 2 heterocycles. The van der Waals surface area contributed by atoms with Crippen molar-refractivity contribution in [2.24, 2.45) is 16.3 Å². The highest BCUT2D eigenvalue weighted by molar-refractivity contribution is 7.11. The molecule has 6 heteroatoms. The van der Waals surface area contributed by atoms with Crippen LogP contribution in [0, 0.1) is 25.2 Å². The molecule has 3 unspecified atom stereocenters. The van der Waals surface area contributed by atoms with E-state index in [1.54, 1.807) is 11.3 Å². The predicted molar refractivity (Wildman–Crippen MR) is 95.2 cm³/mol. The molecule has 2 N–H and O–H groups in total. The number of fused-ring (bicyclic) bond motifs is 1. The first-order chi connectivity index (χ1) is 10.9. The molecule has 3 rings (SSSR count). The zero-order valence-corrected chi connectivity index (χ0v) is 15.6. The number of hydrogen-bond acceptors (Lipinski definition) is 4. The van der Waals surface area contributed by atoms with E-state index in [-0.39, 0.29) is 5.41 Å². The van der Waals surface area contributed by atoms with Gasteiger partial charge >= 0.3 is 0 Å². The molecule has 23 heavy (non-hydrogen) atoms. The molecule has 2 aliphatic rings. The first-order valence-electron chi connectivity index (χ1n) is 8.45. The summed E-state index contributed by atoms with van der Waals surface area (Å²) in [6.07, 6.45) is 2.49. The second-order valence-corrected chi connectivity index (χ2v) is 8.47. The van der Waals surface area contributed by atoms with Crippen molar-refractivity contribution in [3.8, 4) is 0 Å². The van der Waals surface area contributed by atoms with Gasteiger partial charge in [0.05, 0.1) is 16.8 Å². The molecule has 128 valence electrons. The molecule has 1 aromatic heterocycles. The fraction of sp³-hybridized carbons (Fsp3) is 0.765. The summed E-state index contributed by atoms with van der Waals surface area (Å²) in [5, 5.41) is 8.23. The molecule has 1 saturated heterocycles. The van der Waals surface area contributed by atoms with Crippen LogP contribution >= 0.6 is 11.3 Å². The number of nitrogens with one attached hydrogen (secondary N) is 2. The maximum Gasteiger partial charge on any atom is 0.191 e. The Morgan fingerprint density at radius 3 is 2.87 bits per heavy atom. The zero-order chi connectivity index (χ0) is 16.6. The Morgan fingerprint density at radius 2 is 2.22 bits per heavy atom. The van der Waals surface area contributed by atoms with Crippen molar-refractivity contribution < 1.29 is 4.74 Å². The van der Waals surface area contributed by atoms with Crippen molar-refractivity contribution in [3.05, 3.63) is 15.6 Å². The van der Waals surface area contributed by atoms with Gasteiger partial charge in [0.25, 0.3) is 0 Å². The van der Waals surface area contributed by atoms with E-state index in [1.165, 1.54) is 9.88 Å². The van der Waals surface area contributed by atoms with Crippen molar-refractivity contribution in [2.75, 3.05) is 20.2 Å². The molecule has 1 aliphatic carbocycles. The smallest absolute Gasteiger partial charge is 0.191 e. The maximum atomic E-state index is 5.86. The summed E-state index contributed by atoms with van der Waals surface area (Å²) in [7, 11) is 1.83. The zero-order valence-electron chi connectivity index (χ0n) is 14.8. The summed E-state index contributed by atoms with van der Waals surface area (Å²) < 4.78 is 5.86. The number of nitrogens with zero attached hydrogens (tertiary/aromatic N) is 2. The van der Waals surface area contributed by atoms with E-state index in [1.807, 2.05) is 7.05 Å². The highest BCUT2D eigenvalue weighted by atomic mass is 32.1. The number of aliphatic imine (C=N–C) groups is 1. The summed E-state index contributed by atoms with van der Waals surface area (Å²) in [5.41, 5.74) is 1.32. The molecule has 1 aliphatic heterocycles. The molecule has 1 aromatic rings. The summed E-state index contributed by atoms with van der Waals surface area (Å²) in [4.78, 5) is 10.3. The van der Waals surface area contributed by atoms with Crippen LogP contribution in [-0.2, 0) is 11.2 Å². The Kier molecular flexibility index (Phi) is 4.65. The first-order valence-corrected chi connectivity index (χ1v) is 9.27. The monoisotopic (exact) mass is 336 g/mol. The summed E-state index contributed by atoms with van der Waals surface area (Å²) in [6, 6.07) is 0.436. The van der Waals surface area contributed by atoms with Crippen LogP contribution in [0.3, 0.4) is 0 Å². The fourth-order valence-electron chi connectivity index (χ4n) is 3.89. The lowest BCUT2D eigenvalue weighted by molar-refractivity contribution is -0.106. The Hall–Kier alpha value is -1.14. The van der Waals surface area contributed by atoms with E-state index in [0.29, 0.717) is 18.1 Å². The van der Waals surface area contributed by atoms with Gasteiger partial charge in [0.1, 0.15) is 0 Å². The molecule has 2 fully saturated rings. The summed E-state index contributed by atoms with van der Waals surface area (Å²) >= 11 is 1.79. The average Bonchev–Trinajstić information content (AvgIpc) is 3.08.